The fourth-order valence-corrected chi connectivity index (χ4v) is 2.16. The lowest BCUT2D eigenvalue weighted by molar-refractivity contribution is -0.197. The van der Waals surface area contributed by atoms with Gasteiger partial charge in [-0.15, -0.1) is 0 Å². The van der Waals surface area contributed by atoms with E-state index in [4.69, 9.17) is 14.7 Å². The highest BCUT2D eigenvalue weighted by atomic mass is 16.7. The Morgan fingerprint density at radius 2 is 2.20 bits per heavy atom. The zero-order valence-corrected chi connectivity index (χ0v) is 11.1. The molecule has 0 saturated carbocycles. The molecule has 0 fully saturated rings. The molecular weight excluding hydrogens is 258 g/mol. The molecule has 0 bridgehead atoms. The summed E-state index contributed by atoms with van der Waals surface area (Å²) in [5, 5.41) is 18.4. The van der Waals surface area contributed by atoms with Gasteiger partial charge in [0, 0.05) is 26.0 Å². The van der Waals surface area contributed by atoms with Gasteiger partial charge in [-0.25, -0.2) is 0 Å². The minimum absolute atomic E-state index is 0.0608. The molecule has 0 spiro atoms. The van der Waals surface area contributed by atoms with Gasteiger partial charge >= 0.3 is 5.79 Å². The van der Waals surface area contributed by atoms with E-state index in [1.807, 2.05) is 6.07 Å². The van der Waals surface area contributed by atoms with Crippen molar-refractivity contribution in [2.75, 3.05) is 7.11 Å². The van der Waals surface area contributed by atoms with Crippen LogP contribution >= 0.6 is 0 Å². The lowest BCUT2D eigenvalue weighted by Gasteiger charge is -2.27. The fraction of sp³-hybridized carbons (Fsp3) is 0.333. The van der Waals surface area contributed by atoms with Crippen LogP contribution in [0.25, 0.3) is 0 Å². The molecule has 0 saturated heterocycles. The van der Waals surface area contributed by atoms with Crippen LogP contribution in [-0.4, -0.2) is 18.0 Å². The Hall–Kier alpha value is -2.32. The predicted molar refractivity (Wildman–Crippen MR) is 70.4 cm³/mol. The summed E-state index contributed by atoms with van der Waals surface area (Å²) in [4.78, 5) is 12.2. The number of aromatic hydroxyl groups is 1. The number of rotatable bonds is 5. The number of allylic oxidation sites excluding steroid dienone is 1. The third kappa shape index (κ3) is 2.38. The lowest BCUT2D eigenvalue weighted by Crippen LogP contribution is -2.35. The molecule has 1 aliphatic rings. The predicted octanol–water partition coefficient (Wildman–Crippen LogP) is 2.37. The lowest BCUT2D eigenvalue weighted by atomic mass is 10.0. The van der Waals surface area contributed by atoms with E-state index >= 15 is 0 Å². The number of carbonyl (C=O) groups excluding carboxylic acids is 1. The highest BCUT2D eigenvalue weighted by Gasteiger charge is 2.48. The number of benzene rings is 1. The van der Waals surface area contributed by atoms with Crippen molar-refractivity contribution in [3.05, 3.63) is 41.7 Å². The molecule has 1 atom stereocenters. The number of ether oxygens (including phenoxy) is 2. The molecule has 0 aromatic heterocycles. The van der Waals surface area contributed by atoms with Gasteiger partial charge in [0.15, 0.2) is 0 Å². The maximum Gasteiger partial charge on any atom is 0.305 e. The number of nitrogens with zero attached hydrogens (tertiary/aromatic N) is 1. The number of unbranched alkanes of at least 4 members (excludes halogenated alkanes) is 1. The zero-order valence-electron chi connectivity index (χ0n) is 11.1. The van der Waals surface area contributed by atoms with Crippen molar-refractivity contribution in [2.24, 2.45) is 0 Å². The smallest absolute Gasteiger partial charge is 0.305 e. The zero-order chi connectivity index (χ0) is 14.6. The third-order valence-electron chi connectivity index (χ3n) is 3.15. The van der Waals surface area contributed by atoms with Gasteiger partial charge in [-0.2, -0.15) is 5.26 Å². The summed E-state index contributed by atoms with van der Waals surface area (Å²) in [6.07, 6.45) is 2.85. The molecule has 104 valence electrons. The van der Waals surface area contributed by atoms with Gasteiger partial charge in [0.05, 0.1) is 11.6 Å². The van der Waals surface area contributed by atoms with Gasteiger partial charge in [0.2, 0.25) is 5.78 Å². The van der Waals surface area contributed by atoms with Crippen molar-refractivity contribution >= 4 is 5.78 Å². The van der Waals surface area contributed by atoms with Gasteiger partial charge in [-0.05, 0) is 18.6 Å². The van der Waals surface area contributed by atoms with Crippen LogP contribution in [0.4, 0.5) is 0 Å². The number of phenolic OH excluding ortho intramolecular Hbond substituents is 1. The average molecular weight is 273 g/mol. The van der Waals surface area contributed by atoms with Gasteiger partial charge < -0.3 is 14.6 Å². The number of nitriles is 1. The molecule has 1 heterocycles. The van der Waals surface area contributed by atoms with Crippen molar-refractivity contribution < 1.29 is 19.4 Å². The first kappa shape index (κ1) is 14.1. The number of hydrogen-bond acceptors (Lipinski definition) is 5. The Morgan fingerprint density at radius 3 is 2.85 bits per heavy atom. The molecule has 5 nitrogen and oxygen atoms in total. The molecule has 2 rings (SSSR count). The minimum atomic E-state index is -1.62. The van der Waals surface area contributed by atoms with E-state index in [9.17, 15) is 9.90 Å². The molecule has 1 N–H and O–H groups in total. The Labute approximate surface area is 117 Å². The Kier molecular flexibility index (Phi) is 4.06. The van der Waals surface area contributed by atoms with Gasteiger partial charge in [0.1, 0.15) is 11.5 Å². The van der Waals surface area contributed by atoms with Crippen LogP contribution in [0.15, 0.2) is 36.1 Å². The van der Waals surface area contributed by atoms with Gasteiger partial charge in [-0.1, -0.05) is 12.1 Å². The van der Waals surface area contributed by atoms with E-state index in [1.165, 1.54) is 19.3 Å². The molecule has 1 aromatic carbocycles. The first-order chi connectivity index (χ1) is 9.64. The molecule has 20 heavy (non-hydrogen) atoms. The number of hydrogen-bond donors (Lipinski definition) is 1. The van der Waals surface area contributed by atoms with E-state index in [0.717, 1.165) is 0 Å². The average Bonchev–Trinajstić information content (AvgIpc) is 2.77. The van der Waals surface area contributed by atoms with E-state index in [0.29, 0.717) is 25.0 Å². The molecule has 0 radical (unpaired) electrons. The van der Waals surface area contributed by atoms with Crippen molar-refractivity contribution in [3.8, 4) is 11.8 Å². The van der Waals surface area contributed by atoms with E-state index in [-0.39, 0.29) is 17.1 Å². The summed E-state index contributed by atoms with van der Waals surface area (Å²) < 4.78 is 10.9. The second-order valence-corrected chi connectivity index (χ2v) is 4.43. The molecule has 0 aliphatic carbocycles. The summed E-state index contributed by atoms with van der Waals surface area (Å²) >= 11 is 0. The van der Waals surface area contributed by atoms with Crippen molar-refractivity contribution in [1.82, 2.24) is 0 Å². The highest BCUT2D eigenvalue weighted by molar-refractivity contribution is 5.99. The number of phenols is 1. The van der Waals surface area contributed by atoms with Gasteiger partial charge in [0.25, 0.3) is 0 Å². The Morgan fingerprint density at radius 1 is 1.45 bits per heavy atom. The first-order valence-electron chi connectivity index (χ1n) is 6.28. The Bertz CT molecular complexity index is 588. The van der Waals surface area contributed by atoms with E-state index < -0.39 is 5.79 Å². The summed E-state index contributed by atoms with van der Waals surface area (Å²) in [7, 11) is 1.36. The number of para-hydroxylation sites is 1. The van der Waals surface area contributed by atoms with Crippen LogP contribution in [0, 0.1) is 11.3 Å². The van der Waals surface area contributed by atoms with Crippen LogP contribution in [0.5, 0.6) is 5.75 Å². The monoisotopic (exact) mass is 273 g/mol. The SMILES string of the molecule is COC1(c2ccccc2O)OC(CCCC#N)=CC1=O. The second-order valence-electron chi connectivity index (χ2n) is 4.43. The molecule has 1 aromatic rings. The molecular formula is C15H15NO4. The van der Waals surface area contributed by atoms with Crippen molar-refractivity contribution in [1.29, 1.82) is 5.26 Å². The number of methoxy groups -OCH3 is 1. The summed E-state index contributed by atoms with van der Waals surface area (Å²) in [6.45, 7) is 0. The van der Waals surface area contributed by atoms with E-state index in [1.54, 1.807) is 18.2 Å². The van der Waals surface area contributed by atoms with Crippen molar-refractivity contribution in [2.45, 2.75) is 25.0 Å². The van der Waals surface area contributed by atoms with Crippen LogP contribution < -0.4 is 0 Å². The maximum absolute atomic E-state index is 12.2. The van der Waals surface area contributed by atoms with E-state index in [2.05, 4.69) is 0 Å². The van der Waals surface area contributed by atoms with Crippen LogP contribution in [0.1, 0.15) is 24.8 Å². The summed E-state index contributed by atoms with van der Waals surface area (Å²) in [5.74, 6) is -1.58. The maximum atomic E-state index is 12.2. The van der Waals surface area contributed by atoms with Crippen LogP contribution in [0.2, 0.25) is 0 Å². The third-order valence-corrected chi connectivity index (χ3v) is 3.15. The first-order valence-corrected chi connectivity index (χ1v) is 6.28. The number of carbonyl (C=O) groups is 1. The molecule has 0 amide bonds. The largest absolute Gasteiger partial charge is 0.507 e. The Balaban J connectivity index is 2.25. The van der Waals surface area contributed by atoms with Crippen LogP contribution in [-0.2, 0) is 20.1 Å². The normalized spacial score (nSPS) is 21.2. The summed E-state index contributed by atoms with van der Waals surface area (Å²) in [5.41, 5.74) is 0.277. The van der Waals surface area contributed by atoms with Crippen LogP contribution in [0.3, 0.4) is 0 Å². The second kappa shape index (κ2) is 5.76. The molecule has 1 unspecified atom stereocenters. The van der Waals surface area contributed by atoms with Gasteiger partial charge in [-0.3, -0.25) is 4.79 Å². The fourth-order valence-electron chi connectivity index (χ4n) is 2.16. The number of ketones is 1. The molecule has 5 heteroatoms. The highest BCUT2D eigenvalue weighted by Crippen LogP contribution is 2.40. The molecule has 1 aliphatic heterocycles. The summed E-state index contributed by atoms with van der Waals surface area (Å²) in [6, 6.07) is 8.45. The van der Waals surface area contributed by atoms with Crippen molar-refractivity contribution in [3.63, 3.8) is 0 Å². The quantitative estimate of drug-likeness (QED) is 0.833. The standard InChI is InChI=1S/C15H15NO4/c1-19-15(12-7-2-3-8-13(12)17)14(18)10-11(20-15)6-4-5-9-16/h2-3,7-8,10,17H,4-6H2,1H3. The minimum Gasteiger partial charge on any atom is -0.507 e. The topological polar surface area (TPSA) is 79.5 Å².